The lowest BCUT2D eigenvalue weighted by molar-refractivity contribution is -0.126. The summed E-state index contributed by atoms with van der Waals surface area (Å²) in [4.78, 5) is 18.3. The molecule has 1 N–H and O–H groups in total. The van der Waals surface area contributed by atoms with E-state index in [1.54, 1.807) is 7.05 Å². The van der Waals surface area contributed by atoms with Crippen LogP contribution < -0.4 is 5.32 Å². The summed E-state index contributed by atoms with van der Waals surface area (Å²) in [5.41, 5.74) is 1.05. The molecule has 1 aliphatic rings. The first-order valence-electron chi connectivity index (χ1n) is 6.23. The third-order valence-corrected chi connectivity index (χ3v) is 3.77. The van der Waals surface area contributed by atoms with E-state index in [0.29, 0.717) is 0 Å². The topological polar surface area (TPSA) is 45.2 Å². The average Bonchev–Trinajstić information content (AvgIpc) is 2.41. The van der Waals surface area contributed by atoms with Crippen molar-refractivity contribution in [2.75, 3.05) is 20.1 Å². The van der Waals surface area contributed by atoms with Gasteiger partial charge in [-0.2, -0.15) is 0 Å². The second-order valence-electron chi connectivity index (χ2n) is 4.66. The third kappa shape index (κ3) is 3.53. The van der Waals surface area contributed by atoms with E-state index in [4.69, 9.17) is 0 Å². The van der Waals surface area contributed by atoms with Crippen molar-refractivity contribution in [3.05, 3.63) is 28.5 Å². The van der Waals surface area contributed by atoms with Crippen molar-refractivity contribution in [2.45, 2.75) is 19.4 Å². The number of aromatic nitrogens is 1. The van der Waals surface area contributed by atoms with Crippen LogP contribution in [0.1, 0.15) is 18.5 Å². The average molecular weight is 312 g/mol. The van der Waals surface area contributed by atoms with Crippen molar-refractivity contribution in [3.63, 3.8) is 0 Å². The van der Waals surface area contributed by atoms with E-state index >= 15 is 0 Å². The summed E-state index contributed by atoms with van der Waals surface area (Å²) in [6.45, 7) is 2.70. The van der Waals surface area contributed by atoms with E-state index in [2.05, 4.69) is 31.1 Å². The molecule has 1 amide bonds. The minimum Gasteiger partial charge on any atom is -0.359 e. The SMILES string of the molecule is CNC(=O)C1CCCN(Cc2ccc(Br)cn2)C1. The Bertz CT molecular complexity index is 407. The minimum atomic E-state index is 0.124. The number of likely N-dealkylation sites (tertiary alicyclic amines) is 1. The number of hydrogen-bond acceptors (Lipinski definition) is 3. The van der Waals surface area contributed by atoms with Gasteiger partial charge in [0.15, 0.2) is 0 Å². The highest BCUT2D eigenvalue weighted by atomic mass is 79.9. The highest BCUT2D eigenvalue weighted by molar-refractivity contribution is 9.10. The molecule has 1 saturated heterocycles. The van der Waals surface area contributed by atoms with Gasteiger partial charge in [0.25, 0.3) is 0 Å². The van der Waals surface area contributed by atoms with Gasteiger partial charge in [-0.05, 0) is 47.4 Å². The Morgan fingerprint density at radius 2 is 2.44 bits per heavy atom. The molecule has 1 unspecified atom stereocenters. The van der Waals surface area contributed by atoms with Crippen LogP contribution in [-0.4, -0.2) is 35.9 Å². The highest BCUT2D eigenvalue weighted by Gasteiger charge is 2.24. The van der Waals surface area contributed by atoms with Crippen molar-refractivity contribution in [1.29, 1.82) is 0 Å². The summed E-state index contributed by atoms with van der Waals surface area (Å²) in [7, 11) is 1.71. The van der Waals surface area contributed by atoms with Crippen molar-refractivity contribution in [2.24, 2.45) is 5.92 Å². The summed E-state index contributed by atoms with van der Waals surface area (Å²) in [6, 6.07) is 4.02. The number of rotatable bonds is 3. The number of carbonyl (C=O) groups excluding carboxylic acids is 1. The van der Waals surface area contributed by atoms with Crippen LogP contribution in [0, 0.1) is 5.92 Å². The van der Waals surface area contributed by atoms with Gasteiger partial charge in [-0.1, -0.05) is 0 Å². The van der Waals surface area contributed by atoms with Crippen LogP contribution in [0.2, 0.25) is 0 Å². The number of carbonyl (C=O) groups is 1. The molecule has 0 bridgehead atoms. The first-order chi connectivity index (χ1) is 8.69. The lowest BCUT2D eigenvalue weighted by atomic mass is 9.97. The standard InChI is InChI=1S/C13H18BrN3O/c1-15-13(18)10-3-2-6-17(8-10)9-12-5-4-11(14)7-16-12/h4-5,7,10H,2-3,6,8-9H2,1H3,(H,15,18). The van der Waals surface area contributed by atoms with Crippen molar-refractivity contribution < 1.29 is 4.79 Å². The van der Waals surface area contributed by atoms with E-state index in [-0.39, 0.29) is 11.8 Å². The van der Waals surface area contributed by atoms with Crippen LogP contribution in [0.25, 0.3) is 0 Å². The second-order valence-corrected chi connectivity index (χ2v) is 5.57. The number of piperidine rings is 1. The van der Waals surface area contributed by atoms with Crippen molar-refractivity contribution in [1.82, 2.24) is 15.2 Å². The zero-order valence-corrected chi connectivity index (χ0v) is 12.1. The molecule has 2 rings (SSSR count). The Balaban J connectivity index is 1.93. The van der Waals surface area contributed by atoms with Gasteiger partial charge in [0.2, 0.25) is 5.91 Å². The van der Waals surface area contributed by atoms with Crippen LogP contribution >= 0.6 is 15.9 Å². The molecule has 0 saturated carbocycles. The van der Waals surface area contributed by atoms with E-state index in [0.717, 1.165) is 42.6 Å². The molecule has 1 aromatic rings. The molecular formula is C13H18BrN3O. The van der Waals surface area contributed by atoms with E-state index in [9.17, 15) is 4.79 Å². The Hall–Kier alpha value is -0.940. The molecule has 4 nitrogen and oxygen atoms in total. The maximum atomic E-state index is 11.6. The monoisotopic (exact) mass is 311 g/mol. The zero-order valence-electron chi connectivity index (χ0n) is 10.5. The molecular weight excluding hydrogens is 294 g/mol. The predicted molar refractivity (Wildman–Crippen MR) is 74.0 cm³/mol. The van der Waals surface area contributed by atoms with Crippen LogP contribution in [0.3, 0.4) is 0 Å². The van der Waals surface area contributed by atoms with Crippen LogP contribution in [0.4, 0.5) is 0 Å². The molecule has 5 heteroatoms. The number of halogens is 1. The molecule has 2 heterocycles. The van der Waals surface area contributed by atoms with Gasteiger partial charge in [-0.15, -0.1) is 0 Å². The highest BCUT2D eigenvalue weighted by Crippen LogP contribution is 2.18. The molecule has 0 spiro atoms. The van der Waals surface area contributed by atoms with E-state index in [1.807, 2.05) is 18.3 Å². The Labute approximate surface area is 116 Å². The summed E-state index contributed by atoms with van der Waals surface area (Å²) >= 11 is 3.38. The van der Waals surface area contributed by atoms with Gasteiger partial charge < -0.3 is 5.32 Å². The summed E-state index contributed by atoms with van der Waals surface area (Å²) in [5, 5.41) is 2.74. The predicted octanol–water partition coefficient (Wildman–Crippen LogP) is 1.80. The van der Waals surface area contributed by atoms with Crippen molar-refractivity contribution >= 4 is 21.8 Å². The number of nitrogens with one attached hydrogen (secondary N) is 1. The molecule has 1 aliphatic heterocycles. The second kappa shape index (κ2) is 6.29. The van der Waals surface area contributed by atoms with Crippen LogP contribution in [-0.2, 0) is 11.3 Å². The van der Waals surface area contributed by atoms with Crippen LogP contribution in [0.5, 0.6) is 0 Å². The lowest BCUT2D eigenvalue weighted by Crippen LogP contribution is -2.41. The quantitative estimate of drug-likeness (QED) is 0.926. The fourth-order valence-corrected chi connectivity index (χ4v) is 2.58. The normalized spacial score (nSPS) is 20.7. The molecule has 1 atom stereocenters. The largest absolute Gasteiger partial charge is 0.359 e. The molecule has 1 fully saturated rings. The van der Waals surface area contributed by atoms with Gasteiger partial charge in [0, 0.05) is 30.8 Å². The molecule has 18 heavy (non-hydrogen) atoms. The van der Waals surface area contributed by atoms with Gasteiger partial charge in [0.05, 0.1) is 11.6 Å². The Morgan fingerprint density at radius 3 is 3.11 bits per heavy atom. The molecule has 0 aliphatic carbocycles. The van der Waals surface area contributed by atoms with Gasteiger partial charge in [-0.3, -0.25) is 14.7 Å². The summed E-state index contributed by atoms with van der Waals surface area (Å²) in [6.07, 6.45) is 3.88. The molecule has 98 valence electrons. The maximum absolute atomic E-state index is 11.6. The van der Waals surface area contributed by atoms with E-state index < -0.39 is 0 Å². The fourth-order valence-electron chi connectivity index (χ4n) is 2.35. The third-order valence-electron chi connectivity index (χ3n) is 3.30. The first-order valence-corrected chi connectivity index (χ1v) is 7.02. The molecule has 0 aromatic carbocycles. The zero-order chi connectivity index (χ0) is 13.0. The Kier molecular flexibility index (Phi) is 4.72. The minimum absolute atomic E-state index is 0.124. The van der Waals surface area contributed by atoms with Gasteiger partial charge >= 0.3 is 0 Å². The molecule has 0 radical (unpaired) electrons. The summed E-state index contributed by atoms with van der Waals surface area (Å²) < 4.78 is 0.994. The van der Waals surface area contributed by atoms with E-state index in [1.165, 1.54) is 0 Å². The lowest BCUT2D eigenvalue weighted by Gasteiger charge is -2.31. The molecule has 1 aromatic heterocycles. The number of hydrogen-bond donors (Lipinski definition) is 1. The fraction of sp³-hybridized carbons (Fsp3) is 0.538. The Morgan fingerprint density at radius 1 is 1.61 bits per heavy atom. The van der Waals surface area contributed by atoms with Gasteiger partial charge in [-0.25, -0.2) is 0 Å². The smallest absolute Gasteiger partial charge is 0.224 e. The summed E-state index contributed by atoms with van der Waals surface area (Å²) in [5.74, 6) is 0.280. The number of pyridine rings is 1. The van der Waals surface area contributed by atoms with Crippen molar-refractivity contribution in [3.8, 4) is 0 Å². The van der Waals surface area contributed by atoms with Gasteiger partial charge in [0.1, 0.15) is 0 Å². The van der Waals surface area contributed by atoms with Crippen LogP contribution in [0.15, 0.2) is 22.8 Å². The number of amides is 1. The maximum Gasteiger partial charge on any atom is 0.224 e. The first kappa shape index (κ1) is 13.5. The number of nitrogens with zero attached hydrogens (tertiary/aromatic N) is 2.